The number of hydrogen-bond donors (Lipinski definition) is 1. The summed E-state index contributed by atoms with van der Waals surface area (Å²) >= 11 is 14.1. The van der Waals surface area contributed by atoms with Crippen molar-refractivity contribution in [3.8, 4) is 0 Å². The first-order chi connectivity index (χ1) is 14.8. The van der Waals surface area contributed by atoms with Crippen LogP contribution >= 0.6 is 23.2 Å². The first kappa shape index (κ1) is 23.5. The molecule has 6 nitrogen and oxygen atoms in total. The second-order valence-corrected chi connectivity index (χ2v) is 11.7. The van der Waals surface area contributed by atoms with Crippen molar-refractivity contribution >= 4 is 46.7 Å². The smallest absolute Gasteiger partial charge is 0.376 e. The molecule has 4 rings (SSSR count). The van der Waals surface area contributed by atoms with Gasteiger partial charge in [-0.1, -0.05) is 32.4 Å². The van der Waals surface area contributed by atoms with Crippen molar-refractivity contribution in [1.82, 2.24) is 0 Å². The third-order valence-electron chi connectivity index (χ3n) is 8.68. The Bertz CT molecular complexity index is 968. The Balaban J connectivity index is 1.83. The summed E-state index contributed by atoms with van der Waals surface area (Å²) in [4.78, 5) is 49.2. The molecule has 0 aromatic carbocycles. The number of rotatable bonds is 4. The summed E-state index contributed by atoms with van der Waals surface area (Å²) in [6.45, 7) is 5.45. The van der Waals surface area contributed by atoms with Crippen LogP contribution < -0.4 is 0 Å². The lowest BCUT2D eigenvalue weighted by molar-refractivity contribution is -0.193. The van der Waals surface area contributed by atoms with Gasteiger partial charge in [-0.05, 0) is 56.1 Å². The fourth-order valence-corrected chi connectivity index (χ4v) is 8.68. The Hall–Kier alpha value is -1.66. The summed E-state index contributed by atoms with van der Waals surface area (Å²) in [5, 5.41) is 9.63. The van der Waals surface area contributed by atoms with E-state index in [-0.39, 0.29) is 42.8 Å². The molecule has 174 valence electrons. The maximum Gasteiger partial charge on any atom is 0.376 e. The molecule has 0 unspecified atom stereocenters. The molecule has 0 aliphatic heterocycles. The number of hydrogen-bond acceptors (Lipinski definition) is 5. The molecule has 1 N–H and O–H groups in total. The van der Waals surface area contributed by atoms with Crippen molar-refractivity contribution in [1.29, 1.82) is 0 Å². The van der Waals surface area contributed by atoms with Crippen LogP contribution in [0.15, 0.2) is 23.8 Å². The van der Waals surface area contributed by atoms with Gasteiger partial charge in [-0.25, -0.2) is 4.79 Å². The molecule has 3 fully saturated rings. The molecule has 0 saturated heterocycles. The number of fused-ring (bicyclic) bond motifs is 5. The summed E-state index contributed by atoms with van der Waals surface area (Å²) in [6.07, 6.45) is 7.33. The molecule has 0 bridgehead atoms. The van der Waals surface area contributed by atoms with Crippen LogP contribution in [-0.2, 0) is 23.9 Å². The van der Waals surface area contributed by atoms with Gasteiger partial charge >= 0.3 is 11.9 Å². The SMILES string of the molecule is CCC(=O)O[C@]1(C(=O)C(=O)O)CC[C@H]2[C@@H]3CCC4=CC(=O)C=C[C@]4(C)[C@H]3C(Cl)(Cl)C[C@@]21C. The molecule has 0 spiro atoms. The van der Waals surface area contributed by atoms with Gasteiger partial charge in [0.1, 0.15) is 4.33 Å². The predicted octanol–water partition coefficient (Wildman–Crippen LogP) is 4.42. The van der Waals surface area contributed by atoms with E-state index in [0.717, 1.165) is 5.57 Å². The lowest BCUT2D eigenvalue weighted by Crippen LogP contribution is -2.64. The number of allylic oxidation sites excluding steroid dienone is 4. The van der Waals surface area contributed by atoms with Gasteiger partial charge in [0.05, 0.1) is 0 Å². The molecule has 0 aromatic rings. The second kappa shape index (κ2) is 7.42. The van der Waals surface area contributed by atoms with Crippen molar-refractivity contribution in [2.75, 3.05) is 0 Å². The molecule has 0 aromatic heterocycles. The number of carbonyl (C=O) groups excluding carboxylic acids is 3. The Morgan fingerprint density at radius 1 is 1.22 bits per heavy atom. The average Bonchev–Trinajstić information content (AvgIpc) is 2.98. The molecule has 6 atom stereocenters. The van der Waals surface area contributed by atoms with Gasteiger partial charge in [0, 0.05) is 23.2 Å². The monoisotopic (exact) mass is 482 g/mol. The number of aliphatic carboxylic acids is 1. The highest BCUT2D eigenvalue weighted by Crippen LogP contribution is 2.72. The van der Waals surface area contributed by atoms with E-state index >= 15 is 0 Å². The quantitative estimate of drug-likeness (QED) is 0.361. The van der Waals surface area contributed by atoms with Crippen molar-refractivity contribution in [3.63, 3.8) is 0 Å². The highest BCUT2D eigenvalue weighted by molar-refractivity contribution is 6.49. The van der Waals surface area contributed by atoms with Gasteiger partial charge in [-0.15, -0.1) is 23.2 Å². The number of carbonyl (C=O) groups is 4. The van der Waals surface area contributed by atoms with Gasteiger partial charge < -0.3 is 9.84 Å². The average molecular weight is 483 g/mol. The summed E-state index contributed by atoms with van der Waals surface area (Å²) in [5.74, 6) is -3.75. The summed E-state index contributed by atoms with van der Waals surface area (Å²) in [5.41, 5.74) is -2.33. The van der Waals surface area contributed by atoms with Crippen molar-refractivity contribution in [2.24, 2.45) is 28.6 Å². The third-order valence-corrected chi connectivity index (χ3v) is 9.42. The number of alkyl halides is 2. The Morgan fingerprint density at radius 2 is 1.91 bits per heavy atom. The normalized spacial score (nSPS) is 41.7. The van der Waals surface area contributed by atoms with E-state index in [1.54, 1.807) is 26.0 Å². The molecular formula is C24H28Cl2O6. The van der Waals surface area contributed by atoms with Crippen LogP contribution in [-0.4, -0.2) is 38.5 Å². The van der Waals surface area contributed by atoms with E-state index in [9.17, 15) is 24.3 Å². The van der Waals surface area contributed by atoms with Gasteiger partial charge in [-0.3, -0.25) is 14.4 Å². The molecule has 4 aliphatic rings. The standard InChI is InChI=1S/C24H28Cl2O6/c1-4-17(28)32-23(19(29)20(30)31)10-8-16-15-6-5-13-11-14(27)7-9-21(13,2)18(15)24(25,26)12-22(16,23)3/h7,9,11,15-16,18H,4-6,8,10,12H2,1-3H3,(H,30,31)/t15-,16-,18-,21-,22-,23-/m0/s1. The lowest BCUT2D eigenvalue weighted by Gasteiger charge is -2.62. The van der Waals surface area contributed by atoms with E-state index in [1.807, 2.05) is 13.0 Å². The zero-order valence-corrected chi connectivity index (χ0v) is 20.0. The number of ketones is 2. The van der Waals surface area contributed by atoms with Gasteiger partial charge in [0.2, 0.25) is 0 Å². The fourth-order valence-electron chi connectivity index (χ4n) is 7.35. The topological polar surface area (TPSA) is 97.7 Å². The minimum absolute atomic E-state index is 0.0208. The molecule has 8 heteroatoms. The maximum atomic E-state index is 13.1. The molecule has 0 heterocycles. The van der Waals surface area contributed by atoms with Crippen molar-refractivity contribution in [2.45, 2.75) is 69.2 Å². The number of carboxylic acids is 1. The third kappa shape index (κ3) is 3.05. The van der Waals surface area contributed by atoms with E-state index in [4.69, 9.17) is 27.9 Å². The van der Waals surface area contributed by atoms with E-state index in [0.29, 0.717) is 19.3 Å². The molecular weight excluding hydrogens is 455 g/mol. The van der Waals surface area contributed by atoms with Gasteiger partial charge in [0.15, 0.2) is 11.4 Å². The number of halogens is 2. The Morgan fingerprint density at radius 3 is 2.53 bits per heavy atom. The van der Waals surface area contributed by atoms with Crippen LogP contribution in [0.25, 0.3) is 0 Å². The minimum Gasteiger partial charge on any atom is -0.475 e. The van der Waals surface area contributed by atoms with E-state index in [1.165, 1.54) is 0 Å². The minimum atomic E-state index is -1.80. The van der Waals surface area contributed by atoms with Crippen LogP contribution in [0.1, 0.15) is 59.3 Å². The number of carboxylic acid groups (broad SMARTS) is 1. The van der Waals surface area contributed by atoms with Crippen LogP contribution in [0.3, 0.4) is 0 Å². The maximum absolute atomic E-state index is 13.1. The van der Waals surface area contributed by atoms with Gasteiger partial charge in [0.25, 0.3) is 5.78 Å². The first-order valence-corrected chi connectivity index (χ1v) is 11.9. The Kier molecular flexibility index (Phi) is 5.45. The van der Waals surface area contributed by atoms with Gasteiger partial charge in [-0.2, -0.15) is 0 Å². The van der Waals surface area contributed by atoms with Crippen LogP contribution in [0.5, 0.6) is 0 Å². The molecule has 4 aliphatic carbocycles. The molecule has 0 amide bonds. The van der Waals surface area contributed by atoms with Crippen LogP contribution in [0.2, 0.25) is 0 Å². The number of ether oxygens (including phenoxy) is 1. The zero-order valence-electron chi connectivity index (χ0n) is 18.5. The highest BCUT2D eigenvalue weighted by Gasteiger charge is 2.74. The molecule has 0 radical (unpaired) electrons. The van der Waals surface area contributed by atoms with E-state index in [2.05, 4.69) is 0 Å². The van der Waals surface area contributed by atoms with Crippen molar-refractivity contribution < 1.29 is 29.0 Å². The summed E-state index contributed by atoms with van der Waals surface area (Å²) in [7, 11) is 0. The fraction of sp³-hybridized carbons (Fsp3) is 0.667. The summed E-state index contributed by atoms with van der Waals surface area (Å²) in [6, 6.07) is 0. The highest BCUT2D eigenvalue weighted by atomic mass is 35.5. The molecule has 32 heavy (non-hydrogen) atoms. The second-order valence-electron chi connectivity index (χ2n) is 10.2. The first-order valence-electron chi connectivity index (χ1n) is 11.1. The summed E-state index contributed by atoms with van der Waals surface area (Å²) < 4.78 is 4.39. The van der Waals surface area contributed by atoms with Crippen LogP contribution in [0, 0.1) is 28.6 Å². The zero-order chi connectivity index (χ0) is 23.7. The van der Waals surface area contributed by atoms with Crippen LogP contribution in [0.4, 0.5) is 0 Å². The number of esters is 1. The van der Waals surface area contributed by atoms with Crippen molar-refractivity contribution in [3.05, 3.63) is 23.8 Å². The van der Waals surface area contributed by atoms with E-state index < -0.39 is 38.5 Å². The number of Topliss-reactive ketones (excluding diaryl/α,β-unsaturated/α-hetero) is 1. The molecule has 3 saturated carbocycles. The predicted molar refractivity (Wildman–Crippen MR) is 118 cm³/mol. The lowest BCUT2D eigenvalue weighted by atomic mass is 9.46. The largest absolute Gasteiger partial charge is 0.475 e. The Labute approximate surface area is 197 Å².